The average Bonchev–Trinajstić information content (AvgIpc) is 2.79. The molecule has 1 fully saturated rings. The number of anilines is 2. The summed E-state index contributed by atoms with van der Waals surface area (Å²) in [5.41, 5.74) is 4.00. The van der Waals surface area contributed by atoms with E-state index in [4.69, 9.17) is 4.74 Å². The first kappa shape index (κ1) is 22.6. The summed E-state index contributed by atoms with van der Waals surface area (Å²) in [5.74, 6) is 0.543. The quantitative estimate of drug-likeness (QED) is 0.622. The first-order valence-electron chi connectivity index (χ1n) is 10.8. The van der Waals surface area contributed by atoms with Crippen molar-refractivity contribution < 1.29 is 19.2 Å². The number of nitrogens with zero attached hydrogens (tertiary/aromatic N) is 1. The Balaban J connectivity index is 1.45. The number of hydrogen-bond donors (Lipinski definition) is 3. The lowest BCUT2D eigenvalue weighted by Crippen LogP contribution is -3.19. The zero-order valence-electron chi connectivity index (χ0n) is 18.8. The predicted molar refractivity (Wildman–Crippen MR) is 123 cm³/mol. The Bertz CT molecular complexity index is 885. The van der Waals surface area contributed by atoms with E-state index in [9.17, 15) is 9.59 Å². The van der Waals surface area contributed by atoms with E-state index in [-0.39, 0.29) is 24.4 Å². The van der Waals surface area contributed by atoms with Crippen LogP contribution in [-0.4, -0.2) is 57.7 Å². The van der Waals surface area contributed by atoms with Crippen LogP contribution in [0.2, 0.25) is 0 Å². The fraction of sp³-hybridized carbons (Fsp3) is 0.417. The number of hydrogen-bond acceptors (Lipinski definition) is 4. The second kappa shape index (κ2) is 10.3. The smallest absolute Gasteiger partial charge is 0.278 e. The van der Waals surface area contributed by atoms with Crippen LogP contribution in [0.15, 0.2) is 42.5 Å². The second-order valence-electron chi connectivity index (χ2n) is 8.10. The molecule has 166 valence electrons. The minimum absolute atomic E-state index is 0.0256. The Hall–Kier alpha value is -3.06. The maximum absolute atomic E-state index is 12.6. The summed E-state index contributed by atoms with van der Waals surface area (Å²) in [6, 6.07) is 13.7. The standard InChI is InChI=1S/C24H32N4O3/c1-17-6-5-7-18(2)23(17)26-22(29)16-25-24(30)19(3)27-12-14-28(15-13-27)20-8-10-21(31-4)11-9-20/h5-11,19H,12-16H2,1-4H3,(H,25,30)(H,26,29)/p+1/t19-/m0/s1. The number of ether oxygens (including phenoxy) is 1. The molecular formula is C24H33N4O3+. The van der Waals surface area contributed by atoms with Crippen molar-refractivity contribution in [3.8, 4) is 5.75 Å². The molecule has 0 unspecified atom stereocenters. The molecule has 0 saturated carbocycles. The fourth-order valence-electron chi connectivity index (χ4n) is 3.98. The van der Waals surface area contributed by atoms with Gasteiger partial charge in [0.15, 0.2) is 6.04 Å². The molecule has 0 radical (unpaired) electrons. The van der Waals surface area contributed by atoms with Crippen LogP contribution in [0.5, 0.6) is 5.75 Å². The van der Waals surface area contributed by atoms with E-state index < -0.39 is 0 Å². The number of aryl methyl sites for hydroxylation is 2. The molecule has 1 saturated heterocycles. The molecule has 2 aromatic carbocycles. The van der Waals surface area contributed by atoms with E-state index in [0.717, 1.165) is 48.7 Å². The van der Waals surface area contributed by atoms with Gasteiger partial charge < -0.3 is 25.2 Å². The molecule has 0 bridgehead atoms. The van der Waals surface area contributed by atoms with Crippen molar-refractivity contribution in [1.82, 2.24) is 5.32 Å². The highest BCUT2D eigenvalue weighted by Gasteiger charge is 2.29. The van der Waals surface area contributed by atoms with Gasteiger partial charge in [-0.1, -0.05) is 18.2 Å². The van der Waals surface area contributed by atoms with Gasteiger partial charge in [-0.25, -0.2) is 0 Å². The number of carbonyl (C=O) groups is 2. The van der Waals surface area contributed by atoms with Crippen LogP contribution < -0.4 is 25.2 Å². The number of nitrogens with one attached hydrogen (secondary N) is 3. The van der Waals surface area contributed by atoms with Gasteiger partial charge in [0.1, 0.15) is 5.75 Å². The Morgan fingerprint density at radius 1 is 1.06 bits per heavy atom. The SMILES string of the molecule is COc1ccc(N2CC[NH+]([C@@H](C)C(=O)NCC(=O)Nc3c(C)cccc3C)CC2)cc1. The van der Waals surface area contributed by atoms with Gasteiger partial charge in [0.2, 0.25) is 5.91 Å². The summed E-state index contributed by atoms with van der Waals surface area (Å²) in [6.45, 7) is 9.32. The number of carbonyl (C=O) groups excluding carboxylic acids is 2. The van der Waals surface area contributed by atoms with Crippen molar-refractivity contribution in [1.29, 1.82) is 0 Å². The van der Waals surface area contributed by atoms with Gasteiger partial charge in [0, 0.05) is 11.4 Å². The van der Waals surface area contributed by atoms with Gasteiger partial charge in [-0.05, 0) is 56.2 Å². The largest absolute Gasteiger partial charge is 0.497 e. The van der Waals surface area contributed by atoms with Crippen LogP contribution in [0.4, 0.5) is 11.4 Å². The topological polar surface area (TPSA) is 75.1 Å². The van der Waals surface area contributed by atoms with Gasteiger partial charge in [-0.15, -0.1) is 0 Å². The lowest BCUT2D eigenvalue weighted by molar-refractivity contribution is -0.914. The van der Waals surface area contributed by atoms with Crippen molar-refractivity contribution in [3.63, 3.8) is 0 Å². The van der Waals surface area contributed by atoms with E-state index in [1.54, 1.807) is 7.11 Å². The Morgan fingerprint density at radius 2 is 1.68 bits per heavy atom. The molecule has 0 spiro atoms. The number of amides is 2. The maximum Gasteiger partial charge on any atom is 0.278 e. The number of methoxy groups -OCH3 is 1. The number of para-hydroxylation sites is 1. The number of quaternary nitrogens is 1. The van der Waals surface area contributed by atoms with Gasteiger partial charge >= 0.3 is 0 Å². The third-order valence-corrected chi connectivity index (χ3v) is 6.02. The lowest BCUT2D eigenvalue weighted by atomic mass is 10.1. The number of rotatable bonds is 7. The van der Waals surface area contributed by atoms with E-state index in [2.05, 4.69) is 27.7 Å². The van der Waals surface area contributed by atoms with E-state index in [1.807, 2.05) is 51.1 Å². The summed E-state index contributed by atoms with van der Waals surface area (Å²) >= 11 is 0. The molecule has 1 heterocycles. The number of piperazine rings is 1. The third-order valence-electron chi connectivity index (χ3n) is 6.02. The highest BCUT2D eigenvalue weighted by atomic mass is 16.5. The van der Waals surface area contributed by atoms with Crippen LogP contribution >= 0.6 is 0 Å². The molecule has 3 N–H and O–H groups in total. The summed E-state index contributed by atoms with van der Waals surface area (Å²) in [7, 11) is 1.66. The molecule has 3 rings (SSSR count). The number of benzene rings is 2. The summed E-state index contributed by atoms with van der Waals surface area (Å²) < 4.78 is 5.22. The third kappa shape index (κ3) is 5.76. The van der Waals surface area contributed by atoms with Crippen LogP contribution in [0, 0.1) is 13.8 Å². The molecule has 1 aliphatic heterocycles. The van der Waals surface area contributed by atoms with E-state index in [1.165, 1.54) is 10.6 Å². The van der Waals surface area contributed by atoms with Gasteiger partial charge in [-0.2, -0.15) is 0 Å². The molecular weight excluding hydrogens is 392 g/mol. The molecule has 31 heavy (non-hydrogen) atoms. The van der Waals surface area contributed by atoms with E-state index in [0.29, 0.717) is 0 Å². The summed E-state index contributed by atoms with van der Waals surface area (Å²) in [5, 5.41) is 5.70. The van der Waals surface area contributed by atoms with Crippen molar-refractivity contribution in [2.45, 2.75) is 26.8 Å². The van der Waals surface area contributed by atoms with Gasteiger partial charge in [0.25, 0.3) is 5.91 Å². The zero-order chi connectivity index (χ0) is 22.4. The average molecular weight is 426 g/mol. The lowest BCUT2D eigenvalue weighted by Gasteiger charge is -2.36. The van der Waals surface area contributed by atoms with Crippen molar-refractivity contribution in [2.75, 3.05) is 50.1 Å². The molecule has 7 nitrogen and oxygen atoms in total. The minimum atomic E-state index is -0.211. The second-order valence-corrected chi connectivity index (χ2v) is 8.10. The normalized spacial score (nSPS) is 15.3. The monoisotopic (exact) mass is 425 g/mol. The molecule has 1 aliphatic rings. The summed E-state index contributed by atoms with van der Waals surface area (Å²) in [4.78, 5) is 28.5. The van der Waals surface area contributed by atoms with Crippen molar-refractivity contribution in [3.05, 3.63) is 53.6 Å². The van der Waals surface area contributed by atoms with Crippen LogP contribution in [0.25, 0.3) is 0 Å². The zero-order valence-corrected chi connectivity index (χ0v) is 18.8. The highest BCUT2D eigenvalue weighted by Crippen LogP contribution is 2.20. The Kier molecular flexibility index (Phi) is 7.52. The minimum Gasteiger partial charge on any atom is -0.497 e. The summed E-state index contributed by atoms with van der Waals surface area (Å²) in [6.07, 6.45) is 0. The van der Waals surface area contributed by atoms with Gasteiger partial charge in [0.05, 0.1) is 39.8 Å². The Labute approximate surface area is 184 Å². The first-order chi connectivity index (χ1) is 14.9. The predicted octanol–water partition coefficient (Wildman–Crippen LogP) is 1.16. The highest BCUT2D eigenvalue weighted by molar-refractivity contribution is 5.96. The molecule has 1 atom stereocenters. The van der Waals surface area contributed by atoms with Crippen molar-refractivity contribution >= 4 is 23.2 Å². The first-order valence-corrected chi connectivity index (χ1v) is 10.8. The van der Waals surface area contributed by atoms with Gasteiger partial charge in [-0.3, -0.25) is 9.59 Å². The molecule has 0 aliphatic carbocycles. The fourth-order valence-corrected chi connectivity index (χ4v) is 3.98. The molecule has 7 heteroatoms. The van der Waals surface area contributed by atoms with Crippen LogP contribution in [0.1, 0.15) is 18.1 Å². The van der Waals surface area contributed by atoms with Crippen LogP contribution in [-0.2, 0) is 9.59 Å². The van der Waals surface area contributed by atoms with E-state index >= 15 is 0 Å². The molecule has 0 aromatic heterocycles. The Morgan fingerprint density at radius 3 is 2.26 bits per heavy atom. The van der Waals surface area contributed by atoms with Crippen molar-refractivity contribution in [2.24, 2.45) is 0 Å². The molecule has 2 aromatic rings. The molecule has 2 amide bonds. The maximum atomic E-state index is 12.6. The van der Waals surface area contributed by atoms with Crippen LogP contribution in [0.3, 0.4) is 0 Å².